The van der Waals surface area contributed by atoms with Crippen molar-refractivity contribution in [3.8, 4) is 33.6 Å². The van der Waals surface area contributed by atoms with Crippen LogP contribution in [0.3, 0.4) is 0 Å². The van der Waals surface area contributed by atoms with Gasteiger partial charge in [0.05, 0.1) is 22.8 Å². The average molecular weight is 554 g/mol. The predicted octanol–water partition coefficient (Wildman–Crippen LogP) is 10.4. The summed E-state index contributed by atoms with van der Waals surface area (Å²) in [5.41, 5.74) is 13.8. The van der Waals surface area contributed by atoms with Gasteiger partial charge in [0, 0.05) is 28.4 Å². The number of para-hydroxylation sites is 2. The van der Waals surface area contributed by atoms with E-state index in [1.165, 1.54) is 28.1 Å². The lowest BCUT2D eigenvalue weighted by Gasteiger charge is -2.42. The minimum atomic E-state index is -0.0705. The van der Waals surface area contributed by atoms with Crippen molar-refractivity contribution in [2.45, 2.75) is 19.3 Å². The molecule has 0 unspecified atom stereocenters. The number of pyridine rings is 1. The Bertz CT molecular complexity index is 2040. The van der Waals surface area contributed by atoms with E-state index in [0.29, 0.717) is 0 Å². The number of fused-ring (bicyclic) bond motifs is 3. The molecule has 7 aromatic rings. The Morgan fingerprint density at radius 2 is 1.02 bits per heavy atom. The summed E-state index contributed by atoms with van der Waals surface area (Å²) in [4.78, 5) is 7.48. The molecule has 3 heterocycles. The third-order valence-electron chi connectivity index (χ3n) is 8.81. The highest BCUT2D eigenvalue weighted by Crippen LogP contribution is 2.51. The first-order chi connectivity index (χ1) is 21.1. The van der Waals surface area contributed by atoms with Gasteiger partial charge >= 0.3 is 0 Å². The molecule has 0 saturated heterocycles. The van der Waals surface area contributed by atoms with Gasteiger partial charge in [-0.15, -0.1) is 0 Å². The van der Waals surface area contributed by atoms with Gasteiger partial charge in [0.2, 0.25) is 0 Å². The Kier molecular flexibility index (Phi) is 5.80. The van der Waals surface area contributed by atoms with Crippen LogP contribution in [-0.4, -0.2) is 9.38 Å². The fourth-order valence-electron chi connectivity index (χ4n) is 6.63. The van der Waals surface area contributed by atoms with Crippen LogP contribution in [0.25, 0.3) is 39.3 Å². The van der Waals surface area contributed by atoms with Gasteiger partial charge in [-0.2, -0.15) is 0 Å². The number of anilines is 3. The average Bonchev–Trinajstić information content (AvgIpc) is 3.45. The lowest BCUT2D eigenvalue weighted by atomic mass is 9.73. The second-order valence-corrected chi connectivity index (χ2v) is 11.7. The molecule has 43 heavy (non-hydrogen) atoms. The molecule has 1 aliphatic heterocycles. The zero-order chi connectivity index (χ0) is 29.0. The summed E-state index contributed by atoms with van der Waals surface area (Å²) < 4.78 is 2.24. The smallest absolute Gasteiger partial charge is 0.137 e. The van der Waals surface area contributed by atoms with Gasteiger partial charge in [-0.05, 0) is 58.7 Å². The van der Waals surface area contributed by atoms with Crippen LogP contribution in [0.15, 0.2) is 152 Å². The van der Waals surface area contributed by atoms with Crippen molar-refractivity contribution in [1.82, 2.24) is 9.38 Å². The highest BCUT2D eigenvalue weighted by molar-refractivity contribution is 5.87. The lowest BCUT2D eigenvalue weighted by Crippen LogP contribution is -2.30. The number of hydrogen-bond acceptors (Lipinski definition) is 2. The molecule has 2 aromatic heterocycles. The lowest BCUT2D eigenvalue weighted by molar-refractivity contribution is 0.632. The third kappa shape index (κ3) is 4.08. The maximum Gasteiger partial charge on any atom is 0.137 e. The van der Waals surface area contributed by atoms with Gasteiger partial charge < -0.3 is 4.90 Å². The van der Waals surface area contributed by atoms with Crippen LogP contribution in [0.5, 0.6) is 0 Å². The monoisotopic (exact) mass is 553 g/mol. The van der Waals surface area contributed by atoms with Gasteiger partial charge in [0.1, 0.15) is 5.65 Å². The first kappa shape index (κ1) is 25.3. The van der Waals surface area contributed by atoms with Crippen LogP contribution in [0.4, 0.5) is 17.1 Å². The molecule has 0 N–H and O–H groups in total. The van der Waals surface area contributed by atoms with E-state index in [9.17, 15) is 0 Å². The van der Waals surface area contributed by atoms with E-state index in [-0.39, 0.29) is 5.41 Å². The van der Waals surface area contributed by atoms with Crippen LogP contribution in [0.2, 0.25) is 0 Å². The first-order valence-corrected chi connectivity index (χ1v) is 14.8. The zero-order valence-corrected chi connectivity index (χ0v) is 24.3. The Morgan fingerprint density at radius 1 is 0.488 bits per heavy atom. The number of nitrogens with zero attached hydrogens (tertiary/aromatic N) is 3. The van der Waals surface area contributed by atoms with Gasteiger partial charge in [-0.25, -0.2) is 4.98 Å². The van der Waals surface area contributed by atoms with Crippen molar-refractivity contribution in [3.63, 3.8) is 0 Å². The molecule has 0 saturated carbocycles. The molecule has 0 spiro atoms. The fraction of sp³-hybridized carbons (Fsp3) is 0.0750. The summed E-state index contributed by atoms with van der Waals surface area (Å²) in [5.74, 6) is 0. The van der Waals surface area contributed by atoms with Crippen molar-refractivity contribution in [3.05, 3.63) is 163 Å². The van der Waals surface area contributed by atoms with Crippen molar-refractivity contribution in [2.24, 2.45) is 0 Å². The zero-order valence-electron chi connectivity index (χ0n) is 24.3. The minimum absolute atomic E-state index is 0.0705. The summed E-state index contributed by atoms with van der Waals surface area (Å²) >= 11 is 0. The molecule has 3 heteroatoms. The highest BCUT2D eigenvalue weighted by Gasteiger charge is 2.36. The van der Waals surface area contributed by atoms with E-state index >= 15 is 0 Å². The number of hydrogen-bond donors (Lipinski definition) is 0. The molecular weight excluding hydrogens is 522 g/mol. The summed E-state index contributed by atoms with van der Waals surface area (Å²) in [6.07, 6.45) is 2.22. The van der Waals surface area contributed by atoms with E-state index in [1.807, 2.05) is 6.07 Å². The van der Waals surface area contributed by atoms with E-state index in [0.717, 1.165) is 39.4 Å². The van der Waals surface area contributed by atoms with E-state index < -0.39 is 0 Å². The molecule has 0 aliphatic carbocycles. The SMILES string of the molecule is CC1(C)c2ccccc2N(c2ccc(-c3ccc4nc(-c5ccccc5)c(-c5ccccc5)n4c3)cc2)c2ccccc21. The molecule has 8 rings (SSSR count). The van der Waals surface area contributed by atoms with E-state index in [1.54, 1.807) is 0 Å². The summed E-state index contributed by atoms with van der Waals surface area (Å²) in [6.45, 7) is 4.65. The van der Waals surface area contributed by atoms with Crippen LogP contribution in [0, 0.1) is 0 Å². The normalized spacial score (nSPS) is 13.5. The van der Waals surface area contributed by atoms with Gasteiger partial charge in [-0.3, -0.25) is 4.40 Å². The van der Waals surface area contributed by atoms with Crippen LogP contribution in [-0.2, 0) is 5.41 Å². The van der Waals surface area contributed by atoms with Crippen molar-refractivity contribution >= 4 is 22.7 Å². The number of rotatable bonds is 4. The van der Waals surface area contributed by atoms with E-state index in [2.05, 4.69) is 169 Å². The molecule has 0 bridgehead atoms. The van der Waals surface area contributed by atoms with Crippen LogP contribution >= 0.6 is 0 Å². The molecule has 3 nitrogen and oxygen atoms in total. The van der Waals surface area contributed by atoms with E-state index in [4.69, 9.17) is 4.98 Å². The maximum atomic E-state index is 5.08. The number of aromatic nitrogens is 2. The second kappa shape index (κ2) is 9.85. The quantitative estimate of drug-likeness (QED) is 0.216. The Labute approximate surface area is 252 Å². The van der Waals surface area contributed by atoms with Gasteiger partial charge in [0.25, 0.3) is 0 Å². The van der Waals surface area contributed by atoms with Crippen molar-refractivity contribution in [2.75, 3.05) is 4.90 Å². The molecule has 5 aromatic carbocycles. The molecule has 0 fully saturated rings. The molecular formula is C40H31N3. The van der Waals surface area contributed by atoms with Crippen LogP contribution in [0.1, 0.15) is 25.0 Å². The minimum Gasteiger partial charge on any atom is -0.310 e. The van der Waals surface area contributed by atoms with Gasteiger partial charge in [-0.1, -0.05) is 123 Å². The summed E-state index contributed by atoms with van der Waals surface area (Å²) in [7, 11) is 0. The van der Waals surface area contributed by atoms with Crippen molar-refractivity contribution in [1.29, 1.82) is 0 Å². The van der Waals surface area contributed by atoms with Gasteiger partial charge in [0.15, 0.2) is 0 Å². The molecule has 0 radical (unpaired) electrons. The Balaban J connectivity index is 1.24. The predicted molar refractivity (Wildman–Crippen MR) is 178 cm³/mol. The number of imidazole rings is 1. The first-order valence-electron chi connectivity index (χ1n) is 14.8. The Hall–Kier alpha value is -5.41. The highest BCUT2D eigenvalue weighted by atomic mass is 15.2. The molecule has 206 valence electrons. The Morgan fingerprint density at radius 3 is 1.65 bits per heavy atom. The largest absolute Gasteiger partial charge is 0.310 e. The van der Waals surface area contributed by atoms with Crippen molar-refractivity contribution < 1.29 is 0 Å². The second-order valence-electron chi connectivity index (χ2n) is 11.7. The van der Waals surface area contributed by atoms with Crippen LogP contribution < -0.4 is 4.90 Å². The topological polar surface area (TPSA) is 20.5 Å². The summed E-state index contributed by atoms with van der Waals surface area (Å²) in [6, 6.07) is 51.8. The molecule has 1 aliphatic rings. The summed E-state index contributed by atoms with van der Waals surface area (Å²) in [5, 5.41) is 0. The maximum absolute atomic E-state index is 5.08. The molecule has 0 amide bonds. The number of benzene rings is 5. The standard InChI is InChI=1S/C40H31N3/c1-40(2)33-17-9-11-19-35(33)43(36-20-12-10-18-34(36)40)32-24-21-28(22-25-32)31-23-26-37-41-38(29-13-5-3-6-14-29)39(42(37)27-31)30-15-7-4-8-16-30/h3-27H,1-2H3. The third-order valence-corrected chi connectivity index (χ3v) is 8.81. The fourth-order valence-corrected chi connectivity index (χ4v) is 6.63. The molecule has 0 atom stereocenters.